The number of rotatable bonds is 4. The second-order valence-corrected chi connectivity index (χ2v) is 6.10. The molecule has 122 valence electrons. The molecule has 23 heavy (non-hydrogen) atoms. The molecular weight excluding hydrogens is 288 g/mol. The molecule has 0 aliphatic heterocycles. The Labute approximate surface area is 137 Å². The van der Waals surface area contributed by atoms with Crippen LogP contribution in [0, 0.1) is 0 Å². The molecule has 3 heteroatoms. The van der Waals surface area contributed by atoms with Crippen LogP contribution in [0.5, 0.6) is 17.2 Å². The standard InChI is InChI=1S/C20H24O3/c21-19-10-6-1-2-7-11-20(19)23-18-14-12-17(13-15-18)22-16-8-4-3-5-9-16/h3-5,8-9,12-15,19-21H,1-2,6-7,10-11H2. The number of aliphatic hydroxyl groups is 1. The number of benzene rings is 2. The molecule has 1 saturated carbocycles. The molecule has 0 heterocycles. The van der Waals surface area contributed by atoms with Crippen LogP contribution in [-0.4, -0.2) is 17.3 Å². The summed E-state index contributed by atoms with van der Waals surface area (Å²) < 4.78 is 11.8. The Balaban J connectivity index is 1.60. The first-order valence-corrected chi connectivity index (χ1v) is 8.49. The molecule has 0 spiro atoms. The highest BCUT2D eigenvalue weighted by atomic mass is 16.5. The summed E-state index contributed by atoms with van der Waals surface area (Å²) >= 11 is 0. The maximum atomic E-state index is 10.2. The lowest BCUT2D eigenvalue weighted by atomic mass is 9.96. The van der Waals surface area contributed by atoms with E-state index in [2.05, 4.69) is 0 Å². The van der Waals surface area contributed by atoms with Gasteiger partial charge in [-0.1, -0.05) is 37.5 Å². The van der Waals surface area contributed by atoms with Crippen molar-refractivity contribution in [3.05, 3.63) is 54.6 Å². The van der Waals surface area contributed by atoms with E-state index < -0.39 is 0 Å². The SMILES string of the molecule is OC1CCCCCCC1Oc1ccc(Oc2ccccc2)cc1. The van der Waals surface area contributed by atoms with Gasteiger partial charge >= 0.3 is 0 Å². The van der Waals surface area contributed by atoms with E-state index in [0.717, 1.165) is 42.9 Å². The normalized spacial score (nSPS) is 22.0. The average molecular weight is 312 g/mol. The molecule has 0 bridgehead atoms. The summed E-state index contributed by atoms with van der Waals surface area (Å²) in [6.07, 6.45) is 5.95. The lowest BCUT2D eigenvalue weighted by molar-refractivity contribution is 0.0187. The third-order valence-electron chi connectivity index (χ3n) is 4.26. The van der Waals surface area contributed by atoms with Gasteiger partial charge in [-0.15, -0.1) is 0 Å². The second-order valence-electron chi connectivity index (χ2n) is 6.10. The van der Waals surface area contributed by atoms with Crippen LogP contribution in [-0.2, 0) is 0 Å². The predicted molar refractivity (Wildman–Crippen MR) is 91.1 cm³/mol. The van der Waals surface area contributed by atoms with Gasteiger partial charge in [-0.2, -0.15) is 0 Å². The molecule has 1 aliphatic carbocycles. The molecule has 2 aromatic rings. The third-order valence-corrected chi connectivity index (χ3v) is 4.26. The maximum Gasteiger partial charge on any atom is 0.127 e. The van der Waals surface area contributed by atoms with Gasteiger partial charge in [-0.25, -0.2) is 0 Å². The minimum atomic E-state index is -0.365. The quantitative estimate of drug-likeness (QED) is 0.869. The molecule has 2 aromatic carbocycles. The number of hydrogen-bond acceptors (Lipinski definition) is 3. The lowest BCUT2D eigenvalue weighted by Crippen LogP contribution is -2.32. The first kappa shape index (κ1) is 15.9. The minimum absolute atomic E-state index is 0.101. The Hall–Kier alpha value is -2.00. The van der Waals surface area contributed by atoms with Crippen LogP contribution in [0.4, 0.5) is 0 Å². The molecule has 0 aromatic heterocycles. The molecule has 1 N–H and O–H groups in total. The van der Waals surface area contributed by atoms with Gasteiger partial charge in [-0.3, -0.25) is 0 Å². The van der Waals surface area contributed by atoms with Crippen LogP contribution in [0.15, 0.2) is 54.6 Å². The van der Waals surface area contributed by atoms with Gasteiger partial charge in [0.25, 0.3) is 0 Å². The predicted octanol–water partition coefficient (Wildman–Crippen LogP) is 4.94. The molecule has 2 atom stereocenters. The van der Waals surface area contributed by atoms with Crippen molar-refractivity contribution in [2.75, 3.05) is 0 Å². The Morgan fingerprint density at radius 1 is 0.696 bits per heavy atom. The summed E-state index contributed by atoms with van der Waals surface area (Å²) in [6, 6.07) is 17.3. The van der Waals surface area contributed by atoms with E-state index in [-0.39, 0.29) is 12.2 Å². The zero-order chi connectivity index (χ0) is 15.9. The van der Waals surface area contributed by atoms with Gasteiger partial charge in [0.2, 0.25) is 0 Å². The monoisotopic (exact) mass is 312 g/mol. The van der Waals surface area contributed by atoms with Gasteiger partial charge in [0.05, 0.1) is 6.10 Å². The molecule has 0 amide bonds. The number of ether oxygens (including phenoxy) is 2. The van der Waals surface area contributed by atoms with Crippen LogP contribution < -0.4 is 9.47 Å². The second kappa shape index (κ2) is 8.02. The zero-order valence-corrected chi connectivity index (χ0v) is 13.4. The van der Waals surface area contributed by atoms with Crippen LogP contribution in [0.2, 0.25) is 0 Å². The van der Waals surface area contributed by atoms with E-state index in [1.165, 1.54) is 12.8 Å². The first-order chi connectivity index (χ1) is 11.3. The van der Waals surface area contributed by atoms with Crippen molar-refractivity contribution < 1.29 is 14.6 Å². The molecule has 0 saturated heterocycles. The van der Waals surface area contributed by atoms with Crippen molar-refractivity contribution in [2.45, 2.75) is 50.7 Å². The van der Waals surface area contributed by atoms with Gasteiger partial charge in [0.15, 0.2) is 0 Å². The van der Waals surface area contributed by atoms with Crippen molar-refractivity contribution in [3.8, 4) is 17.2 Å². The van der Waals surface area contributed by atoms with Crippen molar-refractivity contribution in [1.29, 1.82) is 0 Å². The Morgan fingerprint density at radius 3 is 2.04 bits per heavy atom. The first-order valence-electron chi connectivity index (χ1n) is 8.49. The summed E-state index contributed by atoms with van der Waals surface area (Å²) in [5, 5.41) is 10.2. The molecule has 2 unspecified atom stereocenters. The highest BCUT2D eigenvalue weighted by Crippen LogP contribution is 2.26. The molecular formula is C20H24O3. The fourth-order valence-electron chi connectivity index (χ4n) is 2.95. The van der Waals surface area contributed by atoms with Crippen molar-refractivity contribution in [3.63, 3.8) is 0 Å². The summed E-state index contributed by atoms with van der Waals surface area (Å²) in [7, 11) is 0. The van der Waals surface area contributed by atoms with E-state index in [9.17, 15) is 5.11 Å². The van der Waals surface area contributed by atoms with Crippen LogP contribution >= 0.6 is 0 Å². The molecule has 0 radical (unpaired) electrons. The van der Waals surface area contributed by atoms with Crippen molar-refractivity contribution in [2.24, 2.45) is 0 Å². The fraction of sp³-hybridized carbons (Fsp3) is 0.400. The minimum Gasteiger partial charge on any atom is -0.488 e. The smallest absolute Gasteiger partial charge is 0.127 e. The highest BCUT2D eigenvalue weighted by molar-refractivity contribution is 5.35. The van der Waals surface area contributed by atoms with Crippen LogP contribution in [0.3, 0.4) is 0 Å². The van der Waals surface area contributed by atoms with Gasteiger partial charge in [0, 0.05) is 0 Å². The highest BCUT2D eigenvalue weighted by Gasteiger charge is 2.22. The topological polar surface area (TPSA) is 38.7 Å². The Kier molecular flexibility index (Phi) is 5.54. The van der Waals surface area contributed by atoms with Gasteiger partial charge in [-0.05, 0) is 55.7 Å². The summed E-state index contributed by atoms with van der Waals surface area (Å²) in [6.45, 7) is 0. The summed E-state index contributed by atoms with van der Waals surface area (Å²) in [5.74, 6) is 2.38. The molecule has 1 fully saturated rings. The molecule has 3 rings (SSSR count). The van der Waals surface area contributed by atoms with Gasteiger partial charge < -0.3 is 14.6 Å². The number of hydrogen-bond donors (Lipinski definition) is 1. The van der Waals surface area contributed by atoms with E-state index >= 15 is 0 Å². The largest absolute Gasteiger partial charge is 0.488 e. The summed E-state index contributed by atoms with van der Waals surface area (Å²) in [5.41, 5.74) is 0. The Bertz CT molecular complexity index is 580. The maximum absolute atomic E-state index is 10.2. The van der Waals surface area contributed by atoms with E-state index in [4.69, 9.17) is 9.47 Å². The third kappa shape index (κ3) is 4.73. The lowest BCUT2D eigenvalue weighted by Gasteiger charge is -2.26. The summed E-state index contributed by atoms with van der Waals surface area (Å²) in [4.78, 5) is 0. The van der Waals surface area contributed by atoms with Crippen LogP contribution in [0.25, 0.3) is 0 Å². The average Bonchev–Trinajstić information content (AvgIpc) is 2.57. The molecule has 3 nitrogen and oxygen atoms in total. The molecule has 1 aliphatic rings. The Morgan fingerprint density at radius 2 is 1.30 bits per heavy atom. The zero-order valence-electron chi connectivity index (χ0n) is 13.4. The van der Waals surface area contributed by atoms with Crippen molar-refractivity contribution >= 4 is 0 Å². The number of aliphatic hydroxyl groups excluding tert-OH is 1. The van der Waals surface area contributed by atoms with Gasteiger partial charge in [0.1, 0.15) is 23.4 Å². The van der Waals surface area contributed by atoms with E-state index in [0.29, 0.717) is 0 Å². The van der Waals surface area contributed by atoms with E-state index in [1.54, 1.807) is 0 Å². The van der Waals surface area contributed by atoms with Crippen molar-refractivity contribution in [1.82, 2.24) is 0 Å². The number of para-hydroxylation sites is 1. The van der Waals surface area contributed by atoms with Crippen LogP contribution in [0.1, 0.15) is 38.5 Å². The van der Waals surface area contributed by atoms with E-state index in [1.807, 2.05) is 54.6 Å². The fourth-order valence-corrected chi connectivity index (χ4v) is 2.95.